The van der Waals surface area contributed by atoms with Gasteiger partial charge in [0.05, 0.1) is 25.4 Å². The van der Waals surface area contributed by atoms with Crippen LogP contribution in [0.1, 0.15) is 60.3 Å². The zero-order chi connectivity index (χ0) is 28.6. The number of carbonyl (C=O) groups is 1. The van der Waals surface area contributed by atoms with Crippen molar-refractivity contribution in [2.75, 3.05) is 40.5 Å². The SMILES string of the molecule is COC1COCCC1C.COc1nc(OCc2cccc(C(F)(F)F)c2)c(C)c(C(=O)N2CCC(C)CC2)n1. The van der Waals surface area contributed by atoms with Crippen molar-refractivity contribution in [3.8, 4) is 11.9 Å². The zero-order valence-corrected chi connectivity index (χ0v) is 23.2. The van der Waals surface area contributed by atoms with Crippen molar-refractivity contribution >= 4 is 5.91 Å². The summed E-state index contributed by atoms with van der Waals surface area (Å²) in [5, 5.41) is 0. The number of piperidine rings is 1. The average Bonchev–Trinajstić information content (AvgIpc) is 2.93. The van der Waals surface area contributed by atoms with Gasteiger partial charge in [-0.1, -0.05) is 26.0 Å². The van der Waals surface area contributed by atoms with Crippen molar-refractivity contribution in [2.24, 2.45) is 11.8 Å². The maximum atomic E-state index is 13.0. The van der Waals surface area contributed by atoms with E-state index >= 15 is 0 Å². The summed E-state index contributed by atoms with van der Waals surface area (Å²) >= 11 is 0. The molecule has 0 bridgehead atoms. The van der Waals surface area contributed by atoms with E-state index in [1.54, 1.807) is 18.9 Å². The molecule has 2 aliphatic rings. The fourth-order valence-corrected chi connectivity index (χ4v) is 4.39. The van der Waals surface area contributed by atoms with Gasteiger partial charge in [0.15, 0.2) is 0 Å². The highest BCUT2D eigenvalue weighted by molar-refractivity contribution is 5.94. The van der Waals surface area contributed by atoms with E-state index in [1.807, 2.05) is 0 Å². The molecule has 2 unspecified atom stereocenters. The van der Waals surface area contributed by atoms with Gasteiger partial charge in [-0.15, -0.1) is 0 Å². The predicted octanol–water partition coefficient (Wildman–Crippen LogP) is 5.32. The second kappa shape index (κ2) is 13.9. The fourth-order valence-electron chi connectivity index (χ4n) is 4.39. The standard InChI is InChI=1S/C21H24F3N3O3.C7H14O2/c1-13-7-9-27(10-8-13)19(28)17-14(2)18(26-20(25-17)29-3)30-12-15-5-4-6-16(11-15)21(22,23)24;1-6-3-4-9-5-7(6)8-2/h4-6,11,13H,7-10,12H2,1-3H3;6-7H,3-5H2,1-2H3. The number of methoxy groups -OCH3 is 2. The molecule has 2 aliphatic heterocycles. The van der Waals surface area contributed by atoms with Crippen molar-refractivity contribution in [1.82, 2.24) is 14.9 Å². The Morgan fingerprint density at radius 3 is 2.44 bits per heavy atom. The number of alkyl halides is 3. The van der Waals surface area contributed by atoms with Gasteiger partial charge in [-0.2, -0.15) is 23.1 Å². The summed E-state index contributed by atoms with van der Waals surface area (Å²) in [5.74, 6) is 1.11. The van der Waals surface area contributed by atoms with Gasteiger partial charge < -0.3 is 23.8 Å². The fraction of sp³-hybridized carbons (Fsp3) is 0.607. The summed E-state index contributed by atoms with van der Waals surface area (Å²) in [7, 11) is 3.12. The molecule has 8 nitrogen and oxygen atoms in total. The van der Waals surface area contributed by atoms with Crippen LogP contribution in [-0.2, 0) is 22.3 Å². The van der Waals surface area contributed by atoms with Gasteiger partial charge in [0.2, 0.25) is 5.88 Å². The zero-order valence-electron chi connectivity index (χ0n) is 23.2. The van der Waals surface area contributed by atoms with Gasteiger partial charge in [0, 0.05) is 32.4 Å². The molecule has 4 rings (SSSR count). The summed E-state index contributed by atoms with van der Waals surface area (Å²) in [6.07, 6.45) is -1.12. The third-order valence-corrected chi connectivity index (χ3v) is 7.10. The number of rotatable bonds is 6. The van der Waals surface area contributed by atoms with Crippen LogP contribution in [0.5, 0.6) is 11.9 Å². The summed E-state index contributed by atoms with van der Waals surface area (Å²) in [4.78, 5) is 23.0. The molecule has 3 heterocycles. The van der Waals surface area contributed by atoms with Gasteiger partial charge in [-0.3, -0.25) is 4.79 Å². The van der Waals surface area contributed by atoms with Crippen molar-refractivity contribution in [3.63, 3.8) is 0 Å². The second-order valence-corrected chi connectivity index (χ2v) is 10.1. The van der Waals surface area contributed by atoms with Crippen molar-refractivity contribution < 1.29 is 36.9 Å². The van der Waals surface area contributed by atoms with Crippen LogP contribution in [0.25, 0.3) is 0 Å². The molecule has 0 spiro atoms. The van der Waals surface area contributed by atoms with Gasteiger partial charge in [-0.05, 0) is 55.7 Å². The van der Waals surface area contributed by atoms with Gasteiger partial charge >= 0.3 is 12.2 Å². The summed E-state index contributed by atoms with van der Waals surface area (Å²) in [5.41, 5.74) is 0.178. The number of benzene rings is 1. The van der Waals surface area contributed by atoms with E-state index < -0.39 is 11.7 Å². The molecular weight excluding hydrogens is 515 g/mol. The lowest BCUT2D eigenvalue weighted by Crippen LogP contribution is -2.38. The summed E-state index contributed by atoms with van der Waals surface area (Å²) in [6.45, 7) is 8.84. The molecule has 0 aliphatic carbocycles. The van der Waals surface area contributed by atoms with Crippen LogP contribution in [0, 0.1) is 18.8 Å². The molecule has 1 aromatic heterocycles. The maximum Gasteiger partial charge on any atom is 0.416 e. The van der Waals surface area contributed by atoms with Crippen LogP contribution < -0.4 is 9.47 Å². The van der Waals surface area contributed by atoms with Crippen LogP contribution in [0.4, 0.5) is 13.2 Å². The van der Waals surface area contributed by atoms with Crippen LogP contribution in [0.2, 0.25) is 0 Å². The first-order chi connectivity index (χ1) is 18.5. The lowest BCUT2D eigenvalue weighted by molar-refractivity contribution is -0.137. The Morgan fingerprint density at radius 2 is 1.85 bits per heavy atom. The van der Waals surface area contributed by atoms with Crippen molar-refractivity contribution in [2.45, 2.75) is 58.9 Å². The first-order valence-corrected chi connectivity index (χ1v) is 13.1. The van der Waals surface area contributed by atoms with Crippen molar-refractivity contribution in [1.29, 1.82) is 0 Å². The Morgan fingerprint density at radius 1 is 1.13 bits per heavy atom. The number of halogens is 3. The maximum absolute atomic E-state index is 13.0. The highest BCUT2D eigenvalue weighted by Gasteiger charge is 2.30. The molecule has 2 saturated heterocycles. The largest absolute Gasteiger partial charge is 0.472 e. The lowest BCUT2D eigenvalue weighted by atomic mass is 9.99. The van der Waals surface area contributed by atoms with Gasteiger partial charge in [-0.25, -0.2) is 0 Å². The monoisotopic (exact) mass is 553 g/mol. The van der Waals surface area contributed by atoms with Crippen LogP contribution in [-0.4, -0.2) is 67.4 Å². The molecule has 1 aromatic carbocycles. The normalized spacial score (nSPS) is 20.2. The van der Waals surface area contributed by atoms with E-state index in [0.29, 0.717) is 42.2 Å². The van der Waals surface area contributed by atoms with Crippen LogP contribution in [0.15, 0.2) is 24.3 Å². The van der Waals surface area contributed by atoms with E-state index in [4.69, 9.17) is 18.9 Å². The molecule has 2 atom stereocenters. The van der Waals surface area contributed by atoms with Gasteiger partial charge in [0.25, 0.3) is 5.91 Å². The highest BCUT2D eigenvalue weighted by atomic mass is 19.4. The molecule has 1 amide bonds. The molecule has 39 heavy (non-hydrogen) atoms. The molecule has 11 heteroatoms. The Balaban J connectivity index is 0.000000395. The number of carbonyl (C=O) groups excluding carboxylic acids is 1. The summed E-state index contributed by atoms with van der Waals surface area (Å²) in [6, 6.07) is 4.84. The number of hydrogen-bond acceptors (Lipinski definition) is 7. The van der Waals surface area contributed by atoms with Crippen LogP contribution >= 0.6 is 0 Å². The average molecular weight is 554 g/mol. The van der Waals surface area contributed by atoms with E-state index in [-0.39, 0.29) is 30.1 Å². The molecule has 0 saturated carbocycles. The minimum Gasteiger partial charge on any atom is -0.472 e. The summed E-state index contributed by atoms with van der Waals surface area (Å²) < 4.78 is 59.9. The number of ether oxygens (including phenoxy) is 4. The molecular formula is C28H38F3N3O5. The number of amides is 1. The number of hydrogen-bond donors (Lipinski definition) is 0. The second-order valence-electron chi connectivity index (χ2n) is 10.1. The first kappa shape index (κ1) is 30.6. The molecule has 0 radical (unpaired) electrons. The molecule has 2 fully saturated rings. The first-order valence-electron chi connectivity index (χ1n) is 13.1. The molecule has 2 aromatic rings. The predicted molar refractivity (Wildman–Crippen MR) is 139 cm³/mol. The quantitative estimate of drug-likeness (QED) is 0.479. The molecule has 0 N–H and O–H groups in total. The smallest absolute Gasteiger partial charge is 0.416 e. The highest BCUT2D eigenvalue weighted by Crippen LogP contribution is 2.30. The van der Waals surface area contributed by atoms with Gasteiger partial charge in [0.1, 0.15) is 12.3 Å². The topological polar surface area (TPSA) is 83.0 Å². The van der Waals surface area contributed by atoms with Crippen LogP contribution in [0.3, 0.4) is 0 Å². The lowest BCUT2D eigenvalue weighted by Gasteiger charge is -2.30. The minimum atomic E-state index is -4.43. The van der Waals surface area contributed by atoms with E-state index in [2.05, 4.69) is 23.8 Å². The van der Waals surface area contributed by atoms with Crippen molar-refractivity contribution in [3.05, 3.63) is 46.6 Å². The van der Waals surface area contributed by atoms with E-state index in [1.165, 1.54) is 19.2 Å². The number of nitrogens with zero attached hydrogens (tertiary/aromatic N) is 3. The Bertz CT molecular complexity index is 1090. The van der Waals surface area contributed by atoms with E-state index in [9.17, 15) is 18.0 Å². The minimum absolute atomic E-state index is 0.0339. The Hall–Kier alpha value is -2.92. The third-order valence-electron chi connectivity index (χ3n) is 7.10. The Kier molecular flexibility index (Phi) is 10.9. The molecule has 216 valence electrons. The third kappa shape index (κ3) is 8.53. The number of likely N-dealkylation sites (tertiary alicyclic amines) is 1. The number of aromatic nitrogens is 2. The van der Waals surface area contributed by atoms with E-state index in [0.717, 1.165) is 44.6 Å². The Labute approximate surface area is 227 Å².